The van der Waals surface area contributed by atoms with Gasteiger partial charge in [0.05, 0.1) is 19.6 Å². The van der Waals surface area contributed by atoms with Crippen LogP contribution in [-0.4, -0.2) is 50.1 Å². The third kappa shape index (κ3) is 5.63. The third-order valence-electron chi connectivity index (χ3n) is 4.14. The van der Waals surface area contributed by atoms with Crippen molar-refractivity contribution in [1.82, 2.24) is 10.2 Å². The number of likely N-dealkylation sites (tertiary alicyclic amines) is 1. The van der Waals surface area contributed by atoms with Crippen molar-refractivity contribution in [3.8, 4) is 0 Å². The molecule has 1 heterocycles. The molecule has 6 heteroatoms. The Morgan fingerprint density at radius 3 is 2.52 bits per heavy atom. The molecule has 0 atom stereocenters. The molecule has 0 radical (unpaired) electrons. The first-order valence-electron chi connectivity index (χ1n) is 7.90. The first kappa shape index (κ1) is 17.4. The van der Waals surface area contributed by atoms with Crippen molar-refractivity contribution in [1.29, 1.82) is 0 Å². The van der Waals surface area contributed by atoms with Crippen molar-refractivity contribution in [2.24, 2.45) is 5.92 Å². The van der Waals surface area contributed by atoms with E-state index in [1.165, 1.54) is 19.2 Å². The molecule has 0 aliphatic carbocycles. The van der Waals surface area contributed by atoms with E-state index in [2.05, 4.69) is 5.32 Å². The summed E-state index contributed by atoms with van der Waals surface area (Å²) in [7, 11) is 1.41. The van der Waals surface area contributed by atoms with Gasteiger partial charge < -0.3 is 10.1 Å². The number of methoxy groups -OCH3 is 1. The predicted octanol–water partition coefficient (Wildman–Crippen LogP) is 1.37. The lowest BCUT2D eigenvalue weighted by Gasteiger charge is -2.29. The maximum Gasteiger partial charge on any atom is 0.308 e. The average molecular weight is 322 g/mol. The molecule has 1 aliphatic heterocycles. The maximum atomic E-state index is 12.8. The third-order valence-corrected chi connectivity index (χ3v) is 4.14. The zero-order chi connectivity index (χ0) is 16.7. The van der Waals surface area contributed by atoms with Crippen molar-refractivity contribution >= 4 is 11.9 Å². The molecule has 23 heavy (non-hydrogen) atoms. The van der Waals surface area contributed by atoms with Crippen LogP contribution in [0, 0.1) is 11.7 Å². The molecule has 0 bridgehead atoms. The molecule has 0 unspecified atom stereocenters. The quantitative estimate of drug-likeness (QED) is 0.804. The van der Waals surface area contributed by atoms with Gasteiger partial charge >= 0.3 is 5.97 Å². The molecule has 1 aliphatic rings. The monoisotopic (exact) mass is 322 g/mol. The van der Waals surface area contributed by atoms with Crippen molar-refractivity contribution in [2.75, 3.05) is 33.3 Å². The first-order chi connectivity index (χ1) is 11.1. The number of benzene rings is 1. The zero-order valence-corrected chi connectivity index (χ0v) is 13.4. The molecule has 0 saturated carbocycles. The molecule has 1 fully saturated rings. The summed E-state index contributed by atoms with van der Waals surface area (Å²) in [6.45, 7) is 2.33. The molecule has 5 nitrogen and oxygen atoms in total. The highest BCUT2D eigenvalue weighted by Crippen LogP contribution is 2.17. The molecule has 1 amide bonds. The lowest BCUT2D eigenvalue weighted by atomic mass is 9.97. The topological polar surface area (TPSA) is 58.6 Å². The number of nitrogens with one attached hydrogen (secondary N) is 1. The van der Waals surface area contributed by atoms with Gasteiger partial charge in [0, 0.05) is 6.54 Å². The van der Waals surface area contributed by atoms with E-state index in [0.717, 1.165) is 31.5 Å². The van der Waals surface area contributed by atoms with E-state index < -0.39 is 0 Å². The van der Waals surface area contributed by atoms with Gasteiger partial charge in [0.25, 0.3) is 0 Å². The van der Waals surface area contributed by atoms with Gasteiger partial charge in [-0.25, -0.2) is 4.39 Å². The van der Waals surface area contributed by atoms with Crippen LogP contribution in [0.2, 0.25) is 0 Å². The number of hydrogen-bond donors (Lipinski definition) is 1. The number of carbonyl (C=O) groups is 2. The Labute approximate surface area is 135 Å². The van der Waals surface area contributed by atoms with E-state index in [1.54, 1.807) is 12.1 Å². The van der Waals surface area contributed by atoms with Crippen LogP contribution >= 0.6 is 0 Å². The van der Waals surface area contributed by atoms with Crippen LogP contribution in [0.3, 0.4) is 0 Å². The molecule has 2 rings (SSSR count). The van der Waals surface area contributed by atoms with E-state index in [9.17, 15) is 14.0 Å². The summed E-state index contributed by atoms with van der Waals surface area (Å²) >= 11 is 0. The lowest BCUT2D eigenvalue weighted by Crippen LogP contribution is -2.43. The van der Waals surface area contributed by atoms with Crippen LogP contribution in [-0.2, 0) is 20.7 Å². The highest BCUT2D eigenvalue weighted by atomic mass is 19.1. The Balaban J connectivity index is 1.64. The fourth-order valence-electron chi connectivity index (χ4n) is 2.75. The molecule has 0 aromatic heterocycles. The highest BCUT2D eigenvalue weighted by Gasteiger charge is 2.26. The molecule has 1 saturated heterocycles. The van der Waals surface area contributed by atoms with Crippen molar-refractivity contribution in [3.63, 3.8) is 0 Å². The summed E-state index contributed by atoms with van der Waals surface area (Å²) in [4.78, 5) is 25.4. The Bertz CT molecular complexity index is 525. The minimum atomic E-state index is -0.256. The average Bonchev–Trinajstić information content (AvgIpc) is 2.56. The summed E-state index contributed by atoms with van der Waals surface area (Å²) in [5, 5.41) is 2.87. The van der Waals surface area contributed by atoms with Gasteiger partial charge in [-0.3, -0.25) is 14.5 Å². The number of esters is 1. The van der Waals surface area contributed by atoms with E-state index in [0.29, 0.717) is 19.5 Å². The molecule has 1 aromatic rings. The number of hydrogen-bond acceptors (Lipinski definition) is 4. The first-order valence-corrected chi connectivity index (χ1v) is 7.90. The minimum Gasteiger partial charge on any atom is -0.469 e. The fourth-order valence-corrected chi connectivity index (χ4v) is 2.75. The standard InChI is InChI=1S/C17H23FN2O3/c1-23-17(22)14-7-10-20(11-8-14)12-16(21)19-9-6-13-2-4-15(18)5-3-13/h2-5,14H,6-12H2,1H3,(H,19,21). The largest absolute Gasteiger partial charge is 0.469 e. The normalized spacial score (nSPS) is 16.1. The van der Waals surface area contributed by atoms with Gasteiger partial charge in [0.15, 0.2) is 0 Å². The summed E-state index contributed by atoms with van der Waals surface area (Å²) in [6, 6.07) is 6.28. The van der Waals surface area contributed by atoms with Crippen LogP contribution in [0.15, 0.2) is 24.3 Å². The molecular weight excluding hydrogens is 299 g/mol. The Kier molecular flexibility index (Phi) is 6.52. The molecule has 1 N–H and O–H groups in total. The highest BCUT2D eigenvalue weighted by molar-refractivity contribution is 5.78. The Morgan fingerprint density at radius 1 is 1.26 bits per heavy atom. The van der Waals surface area contributed by atoms with Crippen LogP contribution in [0.5, 0.6) is 0 Å². The smallest absolute Gasteiger partial charge is 0.308 e. The Hall–Kier alpha value is -1.95. The van der Waals surface area contributed by atoms with Crippen LogP contribution < -0.4 is 5.32 Å². The second-order valence-corrected chi connectivity index (χ2v) is 5.80. The van der Waals surface area contributed by atoms with E-state index in [-0.39, 0.29) is 23.6 Å². The van der Waals surface area contributed by atoms with E-state index in [1.807, 2.05) is 4.90 Å². The molecule has 126 valence electrons. The number of ether oxygens (including phenoxy) is 1. The summed E-state index contributed by atoms with van der Waals surface area (Å²) in [5.41, 5.74) is 0.991. The number of amides is 1. The van der Waals surface area contributed by atoms with Crippen LogP contribution in [0.25, 0.3) is 0 Å². The van der Waals surface area contributed by atoms with Crippen LogP contribution in [0.4, 0.5) is 4.39 Å². The number of rotatable bonds is 6. The van der Waals surface area contributed by atoms with Gasteiger partial charge in [-0.15, -0.1) is 0 Å². The van der Waals surface area contributed by atoms with E-state index >= 15 is 0 Å². The predicted molar refractivity (Wildman–Crippen MR) is 84.3 cm³/mol. The second-order valence-electron chi connectivity index (χ2n) is 5.80. The van der Waals surface area contributed by atoms with Crippen molar-refractivity contribution in [3.05, 3.63) is 35.6 Å². The second kappa shape index (κ2) is 8.62. The number of halogens is 1. The van der Waals surface area contributed by atoms with Gasteiger partial charge in [0.2, 0.25) is 5.91 Å². The summed E-state index contributed by atoms with van der Waals surface area (Å²) < 4.78 is 17.5. The Morgan fingerprint density at radius 2 is 1.91 bits per heavy atom. The minimum absolute atomic E-state index is 0.0244. The number of nitrogens with zero attached hydrogens (tertiary/aromatic N) is 1. The summed E-state index contributed by atoms with van der Waals surface area (Å²) in [5.74, 6) is -0.483. The van der Waals surface area contributed by atoms with Gasteiger partial charge in [-0.2, -0.15) is 0 Å². The number of piperidine rings is 1. The van der Waals surface area contributed by atoms with Gasteiger partial charge in [-0.05, 0) is 50.0 Å². The van der Waals surface area contributed by atoms with E-state index in [4.69, 9.17) is 4.74 Å². The SMILES string of the molecule is COC(=O)C1CCN(CC(=O)NCCc2ccc(F)cc2)CC1. The van der Waals surface area contributed by atoms with Crippen molar-refractivity contribution in [2.45, 2.75) is 19.3 Å². The zero-order valence-electron chi connectivity index (χ0n) is 13.4. The number of carbonyl (C=O) groups excluding carboxylic acids is 2. The van der Waals surface area contributed by atoms with Crippen LogP contribution in [0.1, 0.15) is 18.4 Å². The molecular formula is C17H23FN2O3. The molecule has 0 spiro atoms. The lowest BCUT2D eigenvalue weighted by molar-refractivity contribution is -0.147. The fraction of sp³-hybridized carbons (Fsp3) is 0.529. The molecule has 1 aromatic carbocycles. The van der Waals surface area contributed by atoms with Gasteiger partial charge in [-0.1, -0.05) is 12.1 Å². The maximum absolute atomic E-state index is 12.8. The van der Waals surface area contributed by atoms with Gasteiger partial charge in [0.1, 0.15) is 5.82 Å². The van der Waals surface area contributed by atoms with Crippen molar-refractivity contribution < 1.29 is 18.7 Å². The summed E-state index contributed by atoms with van der Waals surface area (Å²) in [6.07, 6.45) is 2.14.